The molecule has 0 spiro atoms. The zero-order valence-electron chi connectivity index (χ0n) is 15.6. The fraction of sp³-hybridized carbons (Fsp3) is 0.579. The van der Waals surface area contributed by atoms with Gasteiger partial charge in [0.2, 0.25) is 5.95 Å². The van der Waals surface area contributed by atoms with Crippen molar-refractivity contribution >= 4 is 23.5 Å². The van der Waals surface area contributed by atoms with E-state index in [-0.39, 0.29) is 11.9 Å². The van der Waals surface area contributed by atoms with Gasteiger partial charge in [0.05, 0.1) is 17.3 Å². The monoisotopic (exact) mass is 388 g/mol. The number of imidazole rings is 1. The number of aromatic nitrogens is 4. The lowest BCUT2D eigenvalue weighted by Crippen LogP contribution is -2.41. The molecule has 0 radical (unpaired) electrons. The van der Waals surface area contributed by atoms with E-state index in [1.54, 1.807) is 6.20 Å². The van der Waals surface area contributed by atoms with Crippen LogP contribution in [0.3, 0.4) is 0 Å². The van der Waals surface area contributed by atoms with Gasteiger partial charge in [0.1, 0.15) is 5.82 Å². The van der Waals surface area contributed by atoms with Crippen LogP contribution in [0.4, 0.5) is 5.95 Å². The first-order chi connectivity index (χ1) is 13.2. The Balaban J connectivity index is 1.54. The highest BCUT2D eigenvalue weighted by atomic mass is 35.5. The van der Waals surface area contributed by atoms with Crippen molar-refractivity contribution in [3.05, 3.63) is 35.1 Å². The molecular formula is C19H25ClN6O. The Kier molecular flexibility index (Phi) is 5.29. The molecule has 2 aliphatic heterocycles. The molecule has 2 aromatic rings. The number of piperidine rings is 1. The number of carbonyl (C=O) groups is 1. The van der Waals surface area contributed by atoms with Crippen LogP contribution in [-0.4, -0.2) is 56.5 Å². The largest absolute Gasteiger partial charge is 0.341 e. The molecule has 0 aromatic carbocycles. The maximum Gasteiger partial charge on any atom is 0.274 e. The van der Waals surface area contributed by atoms with Crippen molar-refractivity contribution < 1.29 is 4.79 Å². The molecule has 2 saturated heterocycles. The summed E-state index contributed by atoms with van der Waals surface area (Å²) in [6.07, 6.45) is 10.6. The van der Waals surface area contributed by atoms with E-state index in [9.17, 15) is 4.79 Å². The van der Waals surface area contributed by atoms with Crippen LogP contribution in [-0.2, 0) is 6.42 Å². The zero-order chi connectivity index (χ0) is 18.8. The summed E-state index contributed by atoms with van der Waals surface area (Å²) in [5, 5.41) is 0.321. The van der Waals surface area contributed by atoms with E-state index in [0.717, 1.165) is 57.6 Å². The summed E-state index contributed by atoms with van der Waals surface area (Å²) in [6.45, 7) is 5.35. The molecule has 4 rings (SSSR count). The van der Waals surface area contributed by atoms with Gasteiger partial charge in [-0.2, -0.15) is 0 Å². The fourth-order valence-corrected chi connectivity index (χ4v) is 4.22. The van der Waals surface area contributed by atoms with Crippen molar-refractivity contribution in [2.45, 2.75) is 45.1 Å². The first-order valence-corrected chi connectivity index (χ1v) is 10.1. The maximum absolute atomic E-state index is 13.2. The number of hydrogen-bond donors (Lipinski definition) is 0. The van der Waals surface area contributed by atoms with E-state index in [1.807, 2.05) is 17.3 Å². The molecule has 0 saturated carbocycles. The number of rotatable bonds is 4. The standard InChI is InChI=1S/C19H25ClN6O/c1-2-16-21-7-11-26(16)14-6-5-10-25(13-14)18(27)17-15(20)12-22-19(23-17)24-8-3-4-9-24/h7,11-12,14H,2-6,8-10,13H2,1H3. The van der Waals surface area contributed by atoms with E-state index in [0.29, 0.717) is 23.2 Å². The Morgan fingerprint density at radius 2 is 2.04 bits per heavy atom. The van der Waals surface area contributed by atoms with Gasteiger partial charge in [0.25, 0.3) is 5.91 Å². The molecule has 1 amide bonds. The Morgan fingerprint density at radius 1 is 1.22 bits per heavy atom. The number of likely N-dealkylation sites (tertiary alicyclic amines) is 1. The molecule has 1 atom stereocenters. The molecular weight excluding hydrogens is 364 g/mol. The minimum atomic E-state index is -0.106. The van der Waals surface area contributed by atoms with Crippen molar-refractivity contribution in [3.63, 3.8) is 0 Å². The summed E-state index contributed by atoms with van der Waals surface area (Å²) in [6, 6.07) is 0.249. The van der Waals surface area contributed by atoms with E-state index < -0.39 is 0 Å². The molecule has 2 fully saturated rings. The van der Waals surface area contributed by atoms with Crippen LogP contribution < -0.4 is 4.90 Å². The second-order valence-corrected chi connectivity index (χ2v) is 7.62. The van der Waals surface area contributed by atoms with E-state index in [4.69, 9.17) is 11.6 Å². The molecule has 27 heavy (non-hydrogen) atoms. The van der Waals surface area contributed by atoms with Gasteiger partial charge >= 0.3 is 0 Å². The molecule has 8 heteroatoms. The van der Waals surface area contributed by atoms with Gasteiger partial charge in [-0.1, -0.05) is 18.5 Å². The molecule has 1 unspecified atom stereocenters. The van der Waals surface area contributed by atoms with Crippen LogP contribution in [0.2, 0.25) is 5.02 Å². The van der Waals surface area contributed by atoms with Gasteiger partial charge in [0, 0.05) is 45.0 Å². The van der Waals surface area contributed by atoms with E-state index in [2.05, 4.69) is 31.3 Å². The van der Waals surface area contributed by atoms with Crippen LogP contribution in [0, 0.1) is 0 Å². The van der Waals surface area contributed by atoms with Crippen LogP contribution in [0.1, 0.15) is 55.0 Å². The van der Waals surface area contributed by atoms with Gasteiger partial charge < -0.3 is 14.4 Å². The van der Waals surface area contributed by atoms with Gasteiger partial charge in [-0.3, -0.25) is 4.79 Å². The highest BCUT2D eigenvalue weighted by molar-refractivity contribution is 6.33. The van der Waals surface area contributed by atoms with Crippen LogP contribution in [0.5, 0.6) is 0 Å². The SMILES string of the molecule is CCc1nccn1C1CCCN(C(=O)c2nc(N3CCCC3)ncc2Cl)C1. The van der Waals surface area contributed by atoms with Gasteiger partial charge in [-0.05, 0) is 25.7 Å². The first kappa shape index (κ1) is 18.2. The molecule has 2 aromatic heterocycles. The fourth-order valence-electron chi connectivity index (χ4n) is 4.04. The van der Waals surface area contributed by atoms with Crippen LogP contribution in [0.15, 0.2) is 18.6 Å². The van der Waals surface area contributed by atoms with Crippen molar-refractivity contribution in [1.82, 2.24) is 24.4 Å². The van der Waals surface area contributed by atoms with Crippen molar-refractivity contribution in [2.75, 3.05) is 31.1 Å². The summed E-state index contributed by atoms with van der Waals surface area (Å²) in [5.41, 5.74) is 0.315. The average molecular weight is 389 g/mol. The predicted octanol–water partition coefficient (Wildman–Crippen LogP) is 2.97. The summed E-state index contributed by atoms with van der Waals surface area (Å²) < 4.78 is 2.21. The van der Waals surface area contributed by atoms with Crippen LogP contribution >= 0.6 is 11.6 Å². The normalized spacial score (nSPS) is 20.3. The second-order valence-electron chi connectivity index (χ2n) is 7.21. The molecule has 144 valence electrons. The molecule has 2 aliphatic rings. The number of anilines is 1. The lowest BCUT2D eigenvalue weighted by Gasteiger charge is -2.34. The third kappa shape index (κ3) is 3.65. The highest BCUT2D eigenvalue weighted by Crippen LogP contribution is 2.26. The zero-order valence-corrected chi connectivity index (χ0v) is 16.4. The Bertz CT molecular complexity index is 816. The number of hydrogen-bond acceptors (Lipinski definition) is 5. The van der Waals surface area contributed by atoms with Crippen molar-refractivity contribution in [3.8, 4) is 0 Å². The molecule has 0 bridgehead atoms. The highest BCUT2D eigenvalue weighted by Gasteiger charge is 2.29. The maximum atomic E-state index is 13.2. The number of nitrogens with zero attached hydrogens (tertiary/aromatic N) is 6. The van der Waals surface area contributed by atoms with E-state index >= 15 is 0 Å². The van der Waals surface area contributed by atoms with Crippen molar-refractivity contribution in [2.24, 2.45) is 0 Å². The predicted molar refractivity (Wildman–Crippen MR) is 104 cm³/mol. The van der Waals surface area contributed by atoms with Gasteiger partial charge in [-0.25, -0.2) is 15.0 Å². The lowest BCUT2D eigenvalue weighted by molar-refractivity contribution is 0.0672. The molecule has 7 nitrogen and oxygen atoms in total. The summed E-state index contributed by atoms with van der Waals surface area (Å²) in [7, 11) is 0. The van der Waals surface area contributed by atoms with E-state index in [1.165, 1.54) is 0 Å². The summed E-state index contributed by atoms with van der Waals surface area (Å²) in [5.74, 6) is 1.56. The minimum Gasteiger partial charge on any atom is -0.341 e. The smallest absolute Gasteiger partial charge is 0.274 e. The van der Waals surface area contributed by atoms with Gasteiger partial charge in [0.15, 0.2) is 5.69 Å². The third-order valence-electron chi connectivity index (χ3n) is 5.47. The molecule has 4 heterocycles. The Hall–Kier alpha value is -2.15. The molecule has 0 N–H and O–H groups in total. The number of halogens is 1. The van der Waals surface area contributed by atoms with Crippen LogP contribution in [0.25, 0.3) is 0 Å². The topological polar surface area (TPSA) is 67.2 Å². The molecule has 0 aliphatic carbocycles. The number of amides is 1. The number of aryl methyl sites for hydroxylation is 1. The average Bonchev–Trinajstić information content (AvgIpc) is 3.39. The van der Waals surface area contributed by atoms with Crippen molar-refractivity contribution in [1.29, 1.82) is 0 Å². The summed E-state index contributed by atoms with van der Waals surface area (Å²) >= 11 is 6.29. The Labute approximate surface area is 164 Å². The minimum absolute atomic E-state index is 0.106. The third-order valence-corrected chi connectivity index (χ3v) is 5.74. The lowest BCUT2D eigenvalue weighted by atomic mass is 10.0. The summed E-state index contributed by atoms with van der Waals surface area (Å²) in [4.78, 5) is 30.4. The quantitative estimate of drug-likeness (QED) is 0.805. The van der Waals surface area contributed by atoms with Gasteiger partial charge in [-0.15, -0.1) is 0 Å². The number of carbonyl (C=O) groups excluding carboxylic acids is 1. The second kappa shape index (κ2) is 7.84. The Morgan fingerprint density at radius 3 is 2.81 bits per heavy atom. The first-order valence-electron chi connectivity index (χ1n) is 9.76.